The number of fused-ring (bicyclic) bond motifs is 2. The van der Waals surface area contributed by atoms with Crippen molar-refractivity contribution >= 4 is 48.3 Å². The third-order valence-corrected chi connectivity index (χ3v) is 5.00. The van der Waals surface area contributed by atoms with Crippen LogP contribution in [0.1, 0.15) is 0 Å². The average Bonchev–Trinajstić information content (AvgIpc) is 2.88. The number of pyridine rings is 1. The fourth-order valence-electron chi connectivity index (χ4n) is 2.48. The predicted octanol–water partition coefficient (Wildman–Crippen LogP) is 3.05. The molecule has 0 aliphatic carbocycles. The highest BCUT2D eigenvalue weighted by Crippen LogP contribution is 2.26. The van der Waals surface area contributed by atoms with Crippen LogP contribution in [0.2, 0.25) is 0 Å². The molecular weight excluding hydrogens is 366 g/mol. The van der Waals surface area contributed by atoms with Crippen LogP contribution in [0.15, 0.2) is 56.1 Å². The molecule has 5 nitrogen and oxygen atoms in total. The number of nitrogens with zero attached hydrogens (tertiary/aromatic N) is 2. The maximum absolute atomic E-state index is 12.7. The Balaban J connectivity index is 2.17. The van der Waals surface area contributed by atoms with Crippen LogP contribution < -0.4 is 11.2 Å². The molecule has 0 bridgehead atoms. The van der Waals surface area contributed by atoms with E-state index >= 15 is 0 Å². The smallest absolute Gasteiger partial charge is 0.298 e. The number of hydrogen-bond acceptors (Lipinski definition) is 4. The molecular formula is C15H8BrN3O2S. The first kappa shape index (κ1) is 13.4. The molecule has 7 heteroatoms. The number of halogens is 1. The number of benzene rings is 1. The number of H-pyrrole nitrogens is 1. The van der Waals surface area contributed by atoms with Gasteiger partial charge in [0, 0.05) is 17.0 Å². The van der Waals surface area contributed by atoms with Crippen molar-refractivity contribution in [3.8, 4) is 5.69 Å². The van der Waals surface area contributed by atoms with E-state index in [0.29, 0.717) is 15.9 Å². The van der Waals surface area contributed by atoms with Gasteiger partial charge in [-0.15, -0.1) is 11.3 Å². The van der Waals surface area contributed by atoms with Gasteiger partial charge < -0.3 is 0 Å². The van der Waals surface area contributed by atoms with E-state index in [1.807, 2.05) is 24.3 Å². The van der Waals surface area contributed by atoms with Gasteiger partial charge in [0.1, 0.15) is 4.83 Å². The van der Waals surface area contributed by atoms with Crippen molar-refractivity contribution in [3.63, 3.8) is 0 Å². The molecule has 4 aromatic rings. The van der Waals surface area contributed by atoms with Gasteiger partial charge >= 0.3 is 5.69 Å². The SMILES string of the molecule is O=c1[nH]c2sc(Br)cc2c(=O)n1-c1cncc2ccccc12. The molecule has 108 valence electrons. The van der Waals surface area contributed by atoms with Crippen molar-refractivity contribution in [2.75, 3.05) is 0 Å². The van der Waals surface area contributed by atoms with E-state index in [0.717, 1.165) is 19.1 Å². The number of hydrogen-bond donors (Lipinski definition) is 1. The number of aromatic amines is 1. The van der Waals surface area contributed by atoms with E-state index in [4.69, 9.17) is 0 Å². The normalized spacial score (nSPS) is 11.3. The molecule has 0 amide bonds. The average molecular weight is 374 g/mol. The van der Waals surface area contributed by atoms with E-state index in [1.165, 1.54) is 17.5 Å². The summed E-state index contributed by atoms with van der Waals surface area (Å²) >= 11 is 4.66. The summed E-state index contributed by atoms with van der Waals surface area (Å²) in [5.74, 6) is 0. The summed E-state index contributed by atoms with van der Waals surface area (Å²) in [5, 5.41) is 2.15. The molecule has 0 aliphatic rings. The molecule has 3 heterocycles. The lowest BCUT2D eigenvalue weighted by molar-refractivity contribution is 0.905. The van der Waals surface area contributed by atoms with Gasteiger partial charge in [-0.25, -0.2) is 9.36 Å². The Morgan fingerprint density at radius 2 is 1.95 bits per heavy atom. The third kappa shape index (κ3) is 1.93. The lowest BCUT2D eigenvalue weighted by Crippen LogP contribution is -2.33. The zero-order valence-electron chi connectivity index (χ0n) is 11.0. The molecule has 0 saturated carbocycles. The molecule has 0 aliphatic heterocycles. The Kier molecular flexibility index (Phi) is 2.98. The van der Waals surface area contributed by atoms with E-state index in [1.54, 1.807) is 12.3 Å². The van der Waals surface area contributed by atoms with Crippen molar-refractivity contribution in [1.29, 1.82) is 0 Å². The molecule has 0 spiro atoms. The van der Waals surface area contributed by atoms with Crippen molar-refractivity contribution < 1.29 is 0 Å². The fraction of sp³-hybridized carbons (Fsp3) is 0. The maximum atomic E-state index is 12.7. The fourth-order valence-corrected chi connectivity index (χ4v) is 3.96. The minimum absolute atomic E-state index is 0.348. The molecule has 3 aromatic heterocycles. The van der Waals surface area contributed by atoms with Gasteiger partial charge in [-0.2, -0.15) is 0 Å². The number of nitrogens with one attached hydrogen (secondary N) is 1. The second-order valence-corrected chi connectivity index (χ2v) is 7.18. The highest BCUT2D eigenvalue weighted by molar-refractivity contribution is 9.11. The van der Waals surface area contributed by atoms with Gasteiger partial charge in [-0.05, 0) is 22.0 Å². The second kappa shape index (κ2) is 4.89. The number of aromatic nitrogens is 3. The standard InChI is InChI=1S/C15H8BrN3O2S/c16-12-5-10-13(22-12)18-15(21)19(14(10)20)11-7-17-6-8-3-1-2-4-9(8)11/h1-7H,(H,18,21). The van der Waals surface area contributed by atoms with Crippen LogP contribution in [0, 0.1) is 0 Å². The first-order valence-electron chi connectivity index (χ1n) is 6.42. The Bertz CT molecular complexity index is 1140. The number of thiophene rings is 1. The topological polar surface area (TPSA) is 67.8 Å². The summed E-state index contributed by atoms with van der Waals surface area (Å²) in [6.07, 6.45) is 3.24. The highest BCUT2D eigenvalue weighted by atomic mass is 79.9. The van der Waals surface area contributed by atoms with Crippen molar-refractivity contribution in [2.24, 2.45) is 0 Å². The summed E-state index contributed by atoms with van der Waals surface area (Å²) in [6, 6.07) is 9.23. The van der Waals surface area contributed by atoms with Crippen LogP contribution in [0.4, 0.5) is 0 Å². The van der Waals surface area contributed by atoms with E-state index in [9.17, 15) is 9.59 Å². The molecule has 0 atom stereocenters. The summed E-state index contributed by atoms with van der Waals surface area (Å²) in [4.78, 5) is 32.5. The Morgan fingerprint density at radius 3 is 2.82 bits per heavy atom. The minimum Gasteiger partial charge on any atom is -0.298 e. The van der Waals surface area contributed by atoms with Crippen molar-refractivity contribution in [2.45, 2.75) is 0 Å². The molecule has 1 N–H and O–H groups in total. The lowest BCUT2D eigenvalue weighted by atomic mass is 10.1. The van der Waals surface area contributed by atoms with Gasteiger partial charge in [0.25, 0.3) is 5.56 Å². The van der Waals surface area contributed by atoms with Crippen LogP contribution in [0.5, 0.6) is 0 Å². The summed E-state index contributed by atoms with van der Waals surface area (Å²) in [5.41, 5.74) is -0.336. The van der Waals surface area contributed by atoms with Crippen LogP contribution in [0.3, 0.4) is 0 Å². The Labute approximate surface area is 136 Å². The zero-order valence-corrected chi connectivity index (χ0v) is 13.4. The van der Waals surface area contributed by atoms with Gasteiger partial charge in [0.2, 0.25) is 0 Å². The predicted molar refractivity (Wildman–Crippen MR) is 91.0 cm³/mol. The zero-order chi connectivity index (χ0) is 15.3. The molecule has 22 heavy (non-hydrogen) atoms. The molecule has 1 aromatic carbocycles. The van der Waals surface area contributed by atoms with Gasteiger partial charge in [0.05, 0.1) is 21.1 Å². The first-order valence-corrected chi connectivity index (χ1v) is 8.03. The first-order chi connectivity index (χ1) is 10.6. The quantitative estimate of drug-likeness (QED) is 0.557. The Morgan fingerprint density at radius 1 is 1.14 bits per heavy atom. The lowest BCUT2D eigenvalue weighted by Gasteiger charge is -2.07. The van der Waals surface area contributed by atoms with E-state index < -0.39 is 5.69 Å². The molecule has 0 unspecified atom stereocenters. The molecule has 0 saturated heterocycles. The summed E-state index contributed by atoms with van der Waals surface area (Å²) in [7, 11) is 0. The molecule has 4 rings (SSSR count). The van der Waals surface area contributed by atoms with Gasteiger partial charge in [-0.1, -0.05) is 24.3 Å². The van der Waals surface area contributed by atoms with Gasteiger partial charge in [-0.3, -0.25) is 14.8 Å². The molecule has 0 radical (unpaired) electrons. The number of rotatable bonds is 1. The van der Waals surface area contributed by atoms with Crippen LogP contribution in [-0.2, 0) is 0 Å². The van der Waals surface area contributed by atoms with E-state index in [2.05, 4.69) is 25.9 Å². The Hall–Kier alpha value is -2.25. The molecule has 0 fully saturated rings. The van der Waals surface area contributed by atoms with Crippen LogP contribution in [-0.4, -0.2) is 14.5 Å². The van der Waals surface area contributed by atoms with Crippen LogP contribution in [0.25, 0.3) is 26.7 Å². The largest absolute Gasteiger partial charge is 0.334 e. The van der Waals surface area contributed by atoms with E-state index in [-0.39, 0.29) is 5.56 Å². The monoisotopic (exact) mass is 373 g/mol. The highest BCUT2D eigenvalue weighted by Gasteiger charge is 2.14. The summed E-state index contributed by atoms with van der Waals surface area (Å²) in [6.45, 7) is 0. The van der Waals surface area contributed by atoms with Crippen LogP contribution >= 0.6 is 27.3 Å². The van der Waals surface area contributed by atoms with Crippen molar-refractivity contribution in [3.05, 3.63) is 67.4 Å². The minimum atomic E-state index is -0.468. The summed E-state index contributed by atoms with van der Waals surface area (Å²) < 4.78 is 1.93. The maximum Gasteiger partial charge on any atom is 0.334 e. The second-order valence-electron chi connectivity index (χ2n) is 4.74. The third-order valence-electron chi connectivity index (χ3n) is 3.45. The van der Waals surface area contributed by atoms with Crippen molar-refractivity contribution in [1.82, 2.24) is 14.5 Å². The van der Waals surface area contributed by atoms with Gasteiger partial charge in [0.15, 0.2) is 0 Å².